The summed E-state index contributed by atoms with van der Waals surface area (Å²) in [5.41, 5.74) is 3.78. The number of carbonyl (C=O) groups is 3. The van der Waals surface area contributed by atoms with Crippen molar-refractivity contribution < 1.29 is 29.1 Å². The zero-order chi connectivity index (χ0) is 22.5. The number of carbonyl (C=O) groups excluding carboxylic acids is 3. The molecule has 9 heteroatoms. The van der Waals surface area contributed by atoms with Crippen LogP contribution in [0.4, 0.5) is 0 Å². The zero-order valence-electron chi connectivity index (χ0n) is 17.2. The maximum atomic E-state index is 12.6. The standard InChI is InChI=1S/C22H23N3O6/c1-13(2)31-20(27)12-30-17-6-3-14(4-7-17)19(26)11-25-10-16-9-15(21(23)24-29)5-8-18(16)22(25)28/h3-9,13,29H,10-12H2,1-2H3,(H2,23,24). The van der Waals surface area contributed by atoms with Gasteiger partial charge in [-0.2, -0.15) is 0 Å². The van der Waals surface area contributed by atoms with Gasteiger partial charge in [-0.3, -0.25) is 25.7 Å². The van der Waals surface area contributed by atoms with Gasteiger partial charge in [0, 0.05) is 23.2 Å². The van der Waals surface area contributed by atoms with E-state index in [1.54, 1.807) is 61.8 Å². The fourth-order valence-corrected chi connectivity index (χ4v) is 3.17. The summed E-state index contributed by atoms with van der Waals surface area (Å²) in [6.07, 6.45) is -0.222. The van der Waals surface area contributed by atoms with E-state index in [1.165, 1.54) is 4.90 Å². The van der Waals surface area contributed by atoms with E-state index in [9.17, 15) is 14.4 Å². The first-order chi connectivity index (χ1) is 14.8. The second-order valence-corrected chi connectivity index (χ2v) is 7.29. The molecule has 0 saturated carbocycles. The Morgan fingerprint density at radius 2 is 1.84 bits per heavy atom. The molecule has 0 aliphatic carbocycles. The molecule has 0 unspecified atom stereocenters. The minimum Gasteiger partial charge on any atom is -0.482 e. The Morgan fingerprint density at radius 3 is 2.48 bits per heavy atom. The van der Waals surface area contributed by atoms with Gasteiger partial charge in [0.25, 0.3) is 5.91 Å². The fourth-order valence-electron chi connectivity index (χ4n) is 3.17. The van der Waals surface area contributed by atoms with E-state index in [2.05, 4.69) is 0 Å². The number of hydroxylamine groups is 1. The van der Waals surface area contributed by atoms with Gasteiger partial charge in [-0.1, -0.05) is 6.07 Å². The van der Waals surface area contributed by atoms with Gasteiger partial charge >= 0.3 is 5.97 Å². The van der Waals surface area contributed by atoms with Crippen LogP contribution in [0.15, 0.2) is 42.5 Å². The Labute approximate surface area is 179 Å². The summed E-state index contributed by atoms with van der Waals surface area (Å²) in [7, 11) is 0. The summed E-state index contributed by atoms with van der Waals surface area (Å²) >= 11 is 0. The fraction of sp³-hybridized carbons (Fsp3) is 0.273. The number of ether oxygens (including phenoxy) is 2. The third-order valence-electron chi connectivity index (χ3n) is 4.62. The molecule has 1 heterocycles. The van der Waals surface area contributed by atoms with E-state index >= 15 is 0 Å². The number of Topliss-reactive ketones (excluding diaryl/α,β-unsaturated/α-hetero) is 1. The van der Waals surface area contributed by atoms with Crippen LogP contribution in [0.5, 0.6) is 5.75 Å². The summed E-state index contributed by atoms with van der Waals surface area (Å²) in [5, 5.41) is 16.5. The Balaban J connectivity index is 1.59. The molecular formula is C22H23N3O6. The number of ketones is 1. The topological polar surface area (TPSA) is 129 Å². The van der Waals surface area contributed by atoms with Crippen LogP contribution in [-0.2, 0) is 16.1 Å². The molecule has 162 valence electrons. The van der Waals surface area contributed by atoms with E-state index in [0.717, 1.165) is 0 Å². The minimum atomic E-state index is -0.477. The van der Waals surface area contributed by atoms with E-state index in [0.29, 0.717) is 28.0 Å². The Bertz CT molecular complexity index is 1020. The predicted octanol–water partition coefficient (Wildman–Crippen LogP) is 2.16. The molecule has 1 aliphatic rings. The first kappa shape index (κ1) is 22.0. The first-order valence-electron chi connectivity index (χ1n) is 9.65. The van der Waals surface area contributed by atoms with Crippen LogP contribution in [0.2, 0.25) is 0 Å². The van der Waals surface area contributed by atoms with Crippen molar-refractivity contribution in [2.24, 2.45) is 0 Å². The maximum absolute atomic E-state index is 12.6. The van der Waals surface area contributed by atoms with Crippen molar-refractivity contribution in [3.05, 3.63) is 64.7 Å². The highest BCUT2D eigenvalue weighted by atomic mass is 16.6. The SMILES string of the molecule is CC(C)OC(=O)COc1ccc(C(=O)CN2Cc3cc(C(=N)NO)ccc3C2=O)cc1. The molecule has 3 rings (SSSR count). The van der Waals surface area contributed by atoms with Crippen molar-refractivity contribution in [1.29, 1.82) is 5.41 Å². The lowest BCUT2D eigenvalue weighted by Crippen LogP contribution is -2.30. The van der Waals surface area contributed by atoms with Gasteiger partial charge in [0.15, 0.2) is 12.4 Å². The van der Waals surface area contributed by atoms with Crippen molar-refractivity contribution in [3.63, 3.8) is 0 Å². The molecular weight excluding hydrogens is 402 g/mol. The number of amidine groups is 1. The van der Waals surface area contributed by atoms with Gasteiger partial charge in [-0.15, -0.1) is 0 Å². The van der Waals surface area contributed by atoms with Crippen LogP contribution < -0.4 is 10.2 Å². The number of rotatable bonds is 8. The van der Waals surface area contributed by atoms with Crippen LogP contribution in [0.1, 0.15) is 45.7 Å². The average Bonchev–Trinajstić information content (AvgIpc) is 3.06. The highest BCUT2D eigenvalue weighted by Crippen LogP contribution is 2.24. The molecule has 0 saturated heterocycles. The average molecular weight is 425 g/mol. The molecule has 0 fully saturated rings. The van der Waals surface area contributed by atoms with E-state index < -0.39 is 5.97 Å². The molecule has 0 spiro atoms. The molecule has 2 aromatic carbocycles. The number of amides is 1. The van der Waals surface area contributed by atoms with Gasteiger partial charge in [-0.25, -0.2) is 4.79 Å². The number of hydrogen-bond acceptors (Lipinski definition) is 7. The third kappa shape index (κ3) is 5.26. The van der Waals surface area contributed by atoms with E-state index in [4.69, 9.17) is 20.1 Å². The lowest BCUT2D eigenvalue weighted by Gasteiger charge is -2.14. The van der Waals surface area contributed by atoms with Crippen molar-refractivity contribution in [1.82, 2.24) is 10.4 Å². The van der Waals surface area contributed by atoms with Crippen LogP contribution in [-0.4, -0.2) is 52.9 Å². The second kappa shape index (κ2) is 9.40. The minimum absolute atomic E-state index is 0.0978. The van der Waals surface area contributed by atoms with Crippen LogP contribution >= 0.6 is 0 Å². The van der Waals surface area contributed by atoms with Crippen molar-refractivity contribution in [2.75, 3.05) is 13.2 Å². The molecule has 3 N–H and O–H groups in total. The lowest BCUT2D eigenvalue weighted by molar-refractivity contribution is -0.149. The molecule has 9 nitrogen and oxygen atoms in total. The number of nitrogens with one attached hydrogen (secondary N) is 2. The van der Waals surface area contributed by atoms with Gasteiger partial charge in [0.2, 0.25) is 0 Å². The summed E-state index contributed by atoms with van der Waals surface area (Å²) in [6, 6.07) is 11.1. The number of benzene rings is 2. The summed E-state index contributed by atoms with van der Waals surface area (Å²) in [4.78, 5) is 38.2. The molecule has 31 heavy (non-hydrogen) atoms. The number of esters is 1. The summed E-state index contributed by atoms with van der Waals surface area (Å²) in [6.45, 7) is 3.42. The number of fused-ring (bicyclic) bond motifs is 1. The highest BCUT2D eigenvalue weighted by Gasteiger charge is 2.29. The first-order valence-corrected chi connectivity index (χ1v) is 9.65. The maximum Gasteiger partial charge on any atom is 0.344 e. The van der Waals surface area contributed by atoms with Crippen molar-refractivity contribution >= 4 is 23.5 Å². The van der Waals surface area contributed by atoms with Gasteiger partial charge < -0.3 is 14.4 Å². The summed E-state index contributed by atoms with van der Waals surface area (Å²) in [5.74, 6) is -0.729. The molecule has 1 aliphatic heterocycles. The number of nitrogens with zero attached hydrogens (tertiary/aromatic N) is 1. The van der Waals surface area contributed by atoms with Crippen molar-refractivity contribution in [3.8, 4) is 5.75 Å². The predicted molar refractivity (Wildman–Crippen MR) is 110 cm³/mol. The van der Waals surface area contributed by atoms with Crippen LogP contribution in [0.25, 0.3) is 0 Å². The second-order valence-electron chi connectivity index (χ2n) is 7.29. The van der Waals surface area contributed by atoms with Gasteiger partial charge in [0.05, 0.1) is 12.6 Å². The van der Waals surface area contributed by atoms with E-state index in [1.807, 2.05) is 0 Å². The lowest BCUT2D eigenvalue weighted by atomic mass is 10.1. The molecule has 0 radical (unpaired) electrons. The van der Waals surface area contributed by atoms with E-state index in [-0.39, 0.29) is 43.3 Å². The van der Waals surface area contributed by atoms with Crippen LogP contribution in [0, 0.1) is 5.41 Å². The molecule has 2 aromatic rings. The molecule has 0 aromatic heterocycles. The largest absolute Gasteiger partial charge is 0.482 e. The Hall–Kier alpha value is -3.72. The Kier molecular flexibility index (Phi) is 6.66. The molecule has 0 atom stereocenters. The monoisotopic (exact) mass is 425 g/mol. The number of hydrogen-bond donors (Lipinski definition) is 3. The molecule has 0 bridgehead atoms. The quantitative estimate of drug-likeness (QED) is 0.194. The van der Waals surface area contributed by atoms with Gasteiger partial charge in [0.1, 0.15) is 11.6 Å². The zero-order valence-corrected chi connectivity index (χ0v) is 17.2. The summed E-state index contributed by atoms with van der Waals surface area (Å²) < 4.78 is 10.3. The third-order valence-corrected chi connectivity index (χ3v) is 4.62. The van der Waals surface area contributed by atoms with Gasteiger partial charge in [-0.05, 0) is 55.8 Å². The molecule has 1 amide bonds. The normalized spacial score (nSPS) is 12.5. The highest BCUT2D eigenvalue weighted by molar-refractivity contribution is 6.05. The van der Waals surface area contributed by atoms with Crippen LogP contribution in [0.3, 0.4) is 0 Å². The Morgan fingerprint density at radius 1 is 1.16 bits per heavy atom. The van der Waals surface area contributed by atoms with Crippen molar-refractivity contribution in [2.45, 2.75) is 26.5 Å². The smallest absolute Gasteiger partial charge is 0.344 e.